The Morgan fingerprint density at radius 2 is 1.81 bits per heavy atom. The summed E-state index contributed by atoms with van der Waals surface area (Å²) in [5.41, 5.74) is 3.68. The van der Waals surface area contributed by atoms with Crippen LogP contribution in [0.1, 0.15) is 29.9 Å². The minimum Gasteiger partial charge on any atom is -0.497 e. The second-order valence-electron chi connectivity index (χ2n) is 5.71. The fourth-order valence-electron chi connectivity index (χ4n) is 2.90. The Labute approximate surface area is 131 Å². The molecular weight excluding hydrogens is 282 g/mol. The molecule has 0 atom stereocenters. The second-order valence-corrected chi connectivity index (χ2v) is 6.12. The van der Waals surface area contributed by atoms with Gasteiger partial charge >= 0.3 is 0 Å². The summed E-state index contributed by atoms with van der Waals surface area (Å²) in [6.07, 6.45) is 2.30. The highest BCUT2D eigenvalue weighted by molar-refractivity contribution is 6.33. The smallest absolute Gasteiger partial charge is 0.118 e. The van der Waals surface area contributed by atoms with E-state index in [0.29, 0.717) is 12.0 Å². The highest BCUT2D eigenvalue weighted by Crippen LogP contribution is 2.40. The predicted molar refractivity (Wildman–Crippen MR) is 88.6 cm³/mol. The van der Waals surface area contributed by atoms with Crippen LogP contribution in [-0.2, 0) is 0 Å². The Hall–Kier alpha value is -1.67. The Balaban J connectivity index is 1.60. The van der Waals surface area contributed by atoms with Crippen LogP contribution in [0.5, 0.6) is 5.75 Å². The van der Waals surface area contributed by atoms with Gasteiger partial charge in [0.25, 0.3) is 0 Å². The number of benzene rings is 2. The van der Waals surface area contributed by atoms with E-state index < -0.39 is 0 Å². The molecule has 1 N–H and O–H groups in total. The first-order chi connectivity index (χ1) is 10.2. The average molecular weight is 302 g/mol. The van der Waals surface area contributed by atoms with Gasteiger partial charge in [-0.1, -0.05) is 35.9 Å². The van der Waals surface area contributed by atoms with Crippen molar-refractivity contribution in [2.45, 2.75) is 31.7 Å². The molecule has 2 aromatic carbocycles. The molecule has 21 heavy (non-hydrogen) atoms. The molecule has 0 bridgehead atoms. The van der Waals surface area contributed by atoms with Crippen LogP contribution in [-0.4, -0.2) is 13.2 Å². The summed E-state index contributed by atoms with van der Waals surface area (Å²) in [6, 6.07) is 14.9. The quantitative estimate of drug-likeness (QED) is 0.856. The van der Waals surface area contributed by atoms with E-state index in [1.807, 2.05) is 24.3 Å². The number of para-hydroxylation sites is 1. The molecule has 0 saturated heterocycles. The number of aryl methyl sites for hydroxylation is 1. The maximum atomic E-state index is 6.27. The molecule has 3 heteroatoms. The topological polar surface area (TPSA) is 21.3 Å². The molecule has 110 valence electrons. The number of hydrogen-bond acceptors (Lipinski definition) is 2. The van der Waals surface area contributed by atoms with Crippen LogP contribution in [0.4, 0.5) is 5.69 Å². The third-order valence-electron chi connectivity index (χ3n) is 4.30. The van der Waals surface area contributed by atoms with Crippen LogP contribution in [0.15, 0.2) is 42.5 Å². The molecule has 0 aromatic heterocycles. The minimum atomic E-state index is 0.510. The van der Waals surface area contributed by atoms with E-state index in [1.165, 1.54) is 11.1 Å². The number of hydrogen-bond donors (Lipinski definition) is 1. The summed E-state index contributed by atoms with van der Waals surface area (Å²) in [6.45, 7) is 2.09. The van der Waals surface area contributed by atoms with E-state index in [4.69, 9.17) is 16.3 Å². The molecule has 3 rings (SSSR count). The van der Waals surface area contributed by atoms with Crippen molar-refractivity contribution in [2.75, 3.05) is 12.4 Å². The van der Waals surface area contributed by atoms with Gasteiger partial charge in [-0.25, -0.2) is 0 Å². The first kappa shape index (κ1) is 14.3. The molecule has 0 unspecified atom stereocenters. The first-order valence-corrected chi connectivity index (χ1v) is 7.71. The Morgan fingerprint density at radius 3 is 2.43 bits per heavy atom. The van der Waals surface area contributed by atoms with Gasteiger partial charge in [0.15, 0.2) is 0 Å². The maximum Gasteiger partial charge on any atom is 0.118 e. The highest BCUT2D eigenvalue weighted by atomic mass is 35.5. The van der Waals surface area contributed by atoms with E-state index in [9.17, 15) is 0 Å². The van der Waals surface area contributed by atoms with Crippen molar-refractivity contribution >= 4 is 17.3 Å². The van der Waals surface area contributed by atoms with Crippen LogP contribution in [0.25, 0.3) is 0 Å². The van der Waals surface area contributed by atoms with E-state index in [1.54, 1.807) is 7.11 Å². The van der Waals surface area contributed by atoms with E-state index >= 15 is 0 Å². The van der Waals surface area contributed by atoms with Gasteiger partial charge < -0.3 is 10.1 Å². The number of rotatable bonds is 4. The number of halogens is 1. The lowest BCUT2D eigenvalue weighted by Crippen LogP contribution is -2.34. The van der Waals surface area contributed by atoms with Gasteiger partial charge in [0.2, 0.25) is 0 Å². The summed E-state index contributed by atoms with van der Waals surface area (Å²) in [5.74, 6) is 1.55. The number of nitrogens with one attached hydrogen (secondary N) is 1. The first-order valence-electron chi connectivity index (χ1n) is 7.33. The summed E-state index contributed by atoms with van der Waals surface area (Å²) in [7, 11) is 1.70. The SMILES string of the molecule is COc1ccc(C2CC(Nc3c(C)cccc3Cl)C2)cc1. The number of methoxy groups -OCH3 is 1. The van der Waals surface area contributed by atoms with Crippen molar-refractivity contribution in [3.05, 3.63) is 58.6 Å². The molecule has 1 aliphatic carbocycles. The molecule has 0 aliphatic heterocycles. The standard InChI is InChI=1S/C18H20ClNO/c1-12-4-3-5-17(19)18(12)20-15-10-14(11-15)13-6-8-16(21-2)9-7-13/h3-9,14-15,20H,10-11H2,1-2H3. The zero-order valence-electron chi connectivity index (χ0n) is 12.4. The van der Waals surface area contributed by atoms with Gasteiger partial charge in [-0.05, 0) is 55.0 Å². The van der Waals surface area contributed by atoms with Crippen LogP contribution in [0.3, 0.4) is 0 Å². The lowest BCUT2D eigenvalue weighted by atomic mass is 9.75. The third-order valence-corrected chi connectivity index (χ3v) is 4.61. The Bertz CT molecular complexity index is 597. The summed E-state index contributed by atoms with van der Waals surface area (Å²) < 4.78 is 5.20. The average Bonchev–Trinajstić information content (AvgIpc) is 2.45. The van der Waals surface area contributed by atoms with Crippen molar-refractivity contribution < 1.29 is 4.74 Å². The van der Waals surface area contributed by atoms with Gasteiger partial charge in [0.1, 0.15) is 5.75 Å². The maximum absolute atomic E-state index is 6.27. The molecule has 1 aliphatic rings. The van der Waals surface area contributed by atoms with Gasteiger partial charge in [-0.2, -0.15) is 0 Å². The van der Waals surface area contributed by atoms with Crippen molar-refractivity contribution in [3.8, 4) is 5.75 Å². The monoisotopic (exact) mass is 301 g/mol. The van der Waals surface area contributed by atoms with Crippen LogP contribution in [0, 0.1) is 6.92 Å². The second kappa shape index (κ2) is 5.98. The molecule has 0 heterocycles. The third kappa shape index (κ3) is 3.01. The zero-order chi connectivity index (χ0) is 14.8. The van der Waals surface area contributed by atoms with Crippen molar-refractivity contribution in [3.63, 3.8) is 0 Å². The fraction of sp³-hybridized carbons (Fsp3) is 0.333. The number of ether oxygens (including phenoxy) is 1. The van der Waals surface area contributed by atoms with E-state index in [2.05, 4.69) is 30.4 Å². The molecule has 0 radical (unpaired) electrons. The predicted octanol–water partition coefficient (Wildman–Crippen LogP) is 5.02. The fourth-order valence-corrected chi connectivity index (χ4v) is 3.18. The van der Waals surface area contributed by atoms with Crippen LogP contribution >= 0.6 is 11.6 Å². The lowest BCUT2D eigenvalue weighted by molar-refractivity contribution is 0.373. The van der Waals surface area contributed by atoms with E-state index in [0.717, 1.165) is 29.3 Å². The Kier molecular flexibility index (Phi) is 4.07. The Morgan fingerprint density at radius 1 is 1.10 bits per heavy atom. The molecule has 2 aromatic rings. The normalized spacial score (nSPS) is 20.7. The minimum absolute atomic E-state index is 0.510. The van der Waals surface area contributed by atoms with Crippen molar-refractivity contribution in [1.82, 2.24) is 0 Å². The van der Waals surface area contributed by atoms with E-state index in [-0.39, 0.29) is 0 Å². The summed E-state index contributed by atoms with van der Waals surface area (Å²) in [5, 5.41) is 4.39. The molecule has 0 spiro atoms. The lowest BCUT2D eigenvalue weighted by Gasteiger charge is -2.37. The molecule has 0 amide bonds. The van der Waals surface area contributed by atoms with Crippen molar-refractivity contribution in [1.29, 1.82) is 0 Å². The largest absolute Gasteiger partial charge is 0.497 e. The van der Waals surface area contributed by atoms with Gasteiger partial charge in [-0.15, -0.1) is 0 Å². The molecular formula is C18H20ClNO. The summed E-state index contributed by atoms with van der Waals surface area (Å²) in [4.78, 5) is 0. The van der Waals surface area contributed by atoms with Gasteiger partial charge in [0.05, 0.1) is 17.8 Å². The zero-order valence-corrected chi connectivity index (χ0v) is 13.2. The van der Waals surface area contributed by atoms with Gasteiger partial charge in [-0.3, -0.25) is 0 Å². The van der Waals surface area contributed by atoms with Gasteiger partial charge in [0, 0.05) is 6.04 Å². The highest BCUT2D eigenvalue weighted by Gasteiger charge is 2.30. The molecule has 2 nitrogen and oxygen atoms in total. The number of anilines is 1. The summed E-state index contributed by atoms with van der Waals surface area (Å²) >= 11 is 6.27. The van der Waals surface area contributed by atoms with Crippen LogP contribution < -0.4 is 10.1 Å². The molecule has 1 fully saturated rings. The van der Waals surface area contributed by atoms with Crippen molar-refractivity contribution in [2.24, 2.45) is 0 Å². The molecule has 1 saturated carbocycles. The van der Waals surface area contributed by atoms with Crippen LogP contribution in [0.2, 0.25) is 5.02 Å².